The highest BCUT2D eigenvalue weighted by Crippen LogP contribution is 2.46. The number of aromatic nitrogens is 8. The van der Waals surface area contributed by atoms with Crippen LogP contribution in [-0.2, 0) is 0 Å². The average Bonchev–Trinajstić information content (AvgIpc) is 0.786. The Morgan fingerprint density at radius 1 is 0.185 bits per heavy atom. The molecule has 18 aromatic carbocycles. The van der Waals surface area contributed by atoms with Crippen LogP contribution in [0.25, 0.3) is 109 Å². The van der Waals surface area contributed by atoms with Crippen molar-refractivity contribution in [2.75, 3.05) is 14.2 Å². The second-order valence-electron chi connectivity index (χ2n) is 29.3. The Balaban J connectivity index is 0.000000113. The summed E-state index contributed by atoms with van der Waals surface area (Å²) in [7, 11) is 3.34. The molecule has 22 rings (SSSR count). The molecule has 130 heavy (non-hydrogen) atoms. The van der Waals surface area contributed by atoms with E-state index in [-0.39, 0.29) is 11.6 Å². The molecule has 0 fully saturated rings. The normalized spacial score (nSPS) is 11.3. The molecule has 10 nitrogen and oxygen atoms in total. The fourth-order valence-corrected chi connectivity index (χ4v) is 22.2. The van der Waals surface area contributed by atoms with Gasteiger partial charge in [-0.05, 0) is 271 Å². The van der Waals surface area contributed by atoms with E-state index in [4.69, 9.17) is 95.7 Å². The summed E-state index contributed by atoms with van der Waals surface area (Å²) in [6.07, 6.45) is 0. The van der Waals surface area contributed by atoms with Crippen LogP contribution in [0, 0.1) is 11.6 Å². The molecule has 0 spiro atoms. The van der Waals surface area contributed by atoms with Gasteiger partial charge in [0.15, 0.2) is 0 Å². The Bertz CT molecular complexity index is 7570. The molecular weight excluding hydrogens is 1850 g/mol. The molecule has 22 aromatic rings. The molecule has 632 valence electrons. The lowest BCUT2D eigenvalue weighted by Gasteiger charge is -2.11. The Hall–Kier alpha value is -11.7. The Morgan fingerprint density at radius 2 is 0.362 bits per heavy atom. The van der Waals surface area contributed by atoms with Crippen LogP contribution in [0.4, 0.5) is 8.78 Å². The van der Waals surface area contributed by atoms with Gasteiger partial charge in [-0.15, -0.1) is 0 Å². The summed E-state index contributed by atoms with van der Waals surface area (Å²) in [4.78, 5) is 48.0. The van der Waals surface area contributed by atoms with Gasteiger partial charge in [0.25, 0.3) is 0 Å². The Kier molecular flexibility index (Phi) is 27.2. The van der Waals surface area contributed by atoms with Gasteiger partial charge in [0.1, 0.15) is 63.3 Å². The maximum absolute atomic E-state index is 13.3. The van der Waals surface area contributed by atoms with Gasteiger partial charge in [-0.2, -0.15) is 0 Å². The maximum Gasteiger partial charge on any atom is 0.134 e. The second kappa shape index (κ2) is 40.3. The summed E-state index contributed by atoms with van der Waals surface area (Å²) in [6.45, 7) is 0. The van der Waals surface area contributed by atoms with Crippen LogP contribution >= 0.6 is 140 Å². The van der Waals surface area contributed by atoms with Crippen LogP contribution in [0.3, 0.4) is 0 Å². The van der Waals surface area contributed by atoms with Crippen molar-refractivity contribution in [1.82, 2.24) is 39.9 Å². The summed E-state index contributed by atoms with van der Waals surface area (Å²) in [6, 6.07) is 119. The SMILES string of the molecule is COc1ccc(Sc2nc3cc4ccccc4cc3nc2Sc2ccc(OC)cc2)cc1.Clc1ccc(Sc2nc3cc4ccccc4cc3nc2Sc2ccc(Cl)c(Cl)c2)cc1Cl.Fc1ccc(Sc2nc3cc4ccccc4cc3nc2Sc2ccc(F)cc2)cc1.c1ccc2cc(Sc3nc4cc5ccccc5cc4nc3Sc3ccc4ccccc4c3)ccc2c1. The van der Waals surface area contributed by atoms with Gasteiger partial charge in [-0.25, -0.2) is 48.7 Å². The number of benzene rings is 18. The van der Waals surface area contributed by atoms with Crippen molar-refractivity contribution in [3.63, 3.8) is 0 Å². The van der Waals surface area contributed by atoms with Gasteiger partial charge in [0.2, 0.25) is 0 Å². The highest BCUT2D eigenvalue weighted by atomic mass is 35.5. The number of hydrogen-bond acceptors (Lipinski definition) is 18. The lowest BCUT2D eigenvalue weighted by molar-refractivity contribution is 0.414. The fraction of sp³-hybridized carbons (Fsp3) is 0.0189. The molecule has 0 aliphatic carbocycles. The summed E-state index contributed by atoms with van der Waals surface area (Å²) >= 11 is 37.0. The molecule has 4 aromatic heterocycles. The van der Waals surface area contributed by atoms with Crippen LogP contribution < -0.4 is 9.47 Å². The third-order valence-electron chi connectivity index (χ3n) is 20.6. The highest BCUT2D eigenvalue weighted by molar-refractivity contribution is 8.03. The smallest absolute Gasteiger partial charge is 0.134 e. The second-order valence-corrected chi connectivity index (χ2v) is 39.5. The van der Waals surface area contributed by atoms with Crippen molar-refractivity contribution in [1.29, 1.82) is 0 Å². The molecule has 0 saturated heterocycles. The third-order valence-corrected chi connectivity index (χ3v) is 30.4. The lowest BCUT2D eigenvalue weighted by Crippen LogP contribution is -1.93. The Labute approximate surface area is 800 Å². The summed E-state index contributed by atoms with van der Waals surface area (Å²) < 4.78 is 37.2. The highest BCUT2D eigenvalue weighted by Gasteiger charge is 2.21. The van der Waals surface area contributed by atoms with Gasteiger partial charge < -0.3 is 9.47 Å². The molecule has 0 saturated carbocycles. The zero-order valence-electron chi connectivity index (χ0n) is 68.6. The van der Waals surface area contributed by atoms with E-state index in [1.165, 1.54) is 104 Å². The number of rotatable bonds is 18. The van der Waals surface area contributed by atoms with Gasteiger partial charge in [0.05, 0.1) is 78.4 Å². The molecule has 24 heteroatoms. The predicted molar refractivity (Wildman–Crippen MR) is 541 cm³/mol. The first-order valence-electron chi connectivity index (χ1n) is 40.5. The number of methoxy groups -OCH3 is 2. The standard InChI is InChI=1S/C32H20N2S2.C26H20N2O2S2.C24H12Cl4N2S2.C24H14F2N2S2/c1-3-9-23-17-27(15-13-21(23)7-1)35-31-32(36-28-16-14-22-8-2-4-10-24(22)18-28)34-30-20-26-12-6-5-11-25(26)19-29(30)33-31;1-29-19-7-11-21(12-8-19)31-25-26(32-22-13-9-20(30-2)10-14-22)28-24-16-18-6-4-3-5-17(18)15-23(24)27-25;25-17-7-5-15(11-19(17)27)31-23-24(32-16-6-8-18(26)20(28)12-16)30-22-10-14-4-2-1-3-13(14)9-21(22)29-23;25-17-5-9-19(10-6-17)29-23-24(30-20-11-7-18(26)8-12-20)28-22-14-16-4-2-1-3-15(16)13-21(22)27-23/h1-20H;3-16H,1-2H3;1-12H;1-14H. The molecule has 0 amide bonds. The van der Waals surface area contributed by atoms with Crippen molar-refractivity contribution in [2.24, 2.45) is 0 Å². The molecule has 0 atom stereocenters. The van der Waals surface area contributed by atoms with E-state index in [0.29, 0.717) is 20.1 Å². The first-order valence-corrected chi connectivity index (χ1v) is 48.6. The molecule has 0 aliphatic rings. The topological polar surface area (TPSA) is 122 Å². The van der Waals surface area contributed by atoms with E-state index >= 15 is 0 Å². The summed E-state index contributed by atoms with van der Waals surface area (Å²) in [5, 5.41) is 22.6. The lowest BCUT2D eigenvalue weighted by atomic mass is 10.1. The van der Waals surface area contributed by atoms with Crippen molar-refractivity contribution in [3.8, 4) is 11.5 Å². The minimum absolute atomic E-state index is 0.281. The maximum atomic E-state index is 13.3. The fourth-order valence-electron chi connectivity index (χ4n) is 14.1. The van der Waals surface area contributed by atoms with E-state index < -0.39 is 0 Å². The zero-order chi connectivity index (χ0) is 88.6. The molecule has 0 bridgehead atoms. The van der Waals surface area contributed by atoms with E-state index in [1.807, 2.05) is 133 Å². The largest absolute Gasteiger partial charge is 0.497 e. The first-order chi connectivity index (χ1) is 63.6. The minimum Gasteiger partial charge on any atom is -0.497 e. The van der Waals surface area contributed by atoms with Crippen LogP contribution in [-0.4, -0.2) is 54.1 Å². The molecule has 0 N–H and O–H groups in total. The molecule has 4 heterocycles. The number of fused-ring (bicyclic) bond motifs is 10. The number of ether oxygens (including phenoxy) is 2. The average molecular weight is 1920 g/mol. The van der Waals surface area contributed by atoms with E-state index in [0.717, 1.165) is 167 Å². The number of nitrogens with zero attached hydrogens (tertiary/aromatic N) is 8. The van der Waals surface area contributed by atoms with Crippen molar-refractivity contribution >= 4 is 249 Å². The Morgan fingerprint density at radius 3 is 0.577 bits per heavy atom. The monoisotopic (exact) mass is 1920 g/mol. The number of halogens is 6. The quantitative estimate of drug-likeness (QED) is 0.0757. The van der Waals surface area contributed by atoms with Crippen molar-refractivity contribution in [3.05, 3.63) is 396 Å². The van der Waals surface area contributed by atoms with Crippen LogP contribution in [0.5, 0.6) is 11.5 Å². The number of hydrogen-bond donors (Lipinski definition) is 0. The third kappa shape index (κ3) is 21.2. The molecular formula is C106H66Cl4F2N8O2S8. The van der Waals surface area contributed by atoms with Gasteiger partial charge in [-0.1, -0.05) is 298 Å². The van der Waals surface area contributed by atoms with E-state index in [1.54, 1.807) is 97.7 Å². The van der Waals surface area contributed by atoms with E-state index in [9.17, 15) is 8.78 Å². The summed E-state index contributed by atoms with van der Waals surface area (Å²) in [5.41, 5.74) is 6.84. The molecule has 0 aliphatic heterocycles. The predicted octanol–water partition coefficient (Wildman–Crippen LogP) is 33.6. The first kappa shape index (κ1) is 87.6. The molecule has 0 radical (unpaired) electrons. The van der Waals surface area contributed by atoms with Gasteiger partial charge in [0, 0.05) is 39.2 Å². The van der Waals surface area contributed by atoms with Crippen molar-refractivity contribution in [2.45, 2.75) is 79.4 Å². The van der Waals surface area contributed by atoms with Crippen LogP contribution in [0.15, 0.2) is 443 Å². The van der Waals surface area contributed by atoms with Gasteiger partial charge in [-0.3, -0.25) is 0 Å². The van der Waals surface area contributed by atoms with Gasteiger partial charge >= 0.3 is 0 Å². The minimum atomic E-state index is -0.281. The molecule has 0 unspecified atom stereocenters. The zero-order valence-corrected chi connectivity index (χ0v) is 78.1. The van der Waals surface area contributed by atoms with Crippen LogP contribution in [0.2, 0.25) is 20.1 Å². The van der Waals surface area contributed by atoms with Crippen LogP contribution in [0.1, 0.15) is 0 Å². The van der Waals surface area contributed by atoms with E-state index in [2.05, 4.69) is 170 Å². The van der Waals surface area contributed by atoms with Crippen molar-refractivity contribution < 1.29 is 18.3 Å². The summed E-state index contributed by atoms with van der Waals surface area (Å²) in [5.74, 6) is 1.10.